The van der Waals surface area contributed by atoms with Gasteiger partial charge in [0, 0.05) is 25.0 Å². The van der Waals surface area contributed by atoms with Crippen molar-refractivity contribution in [2.24, 2.45) is 0 Å². The molecule has 0 radical (unpaired) electrons. The van der Waals surface area contributed by atoms with Crippen molar-refractivity contribution in [1.29, 1.82) is 0 Å². The summed E-state index contributed by atoms with van der Waals surface area (Å²) in [5.74, 6) is 0.342. The summed E-state index contributed by atoms with van der Waals surface area (Å²) >= 11 is 0. The molecule has 3 nitrogen and oxygen atoms in total. The van der Waals surface area contributed by atoms with Crippen LogP contribution in [0.3, 0.4) is 0 Å². The van der Waals surface area contributed by atoms with E-state index in [-0.39, 0.29) is 6.04 Å². The van der Waals surface area contributed by atoms with Crippen molar-refractivity contribution in [2.75, 3.05) is 26.3 Å². The molecular formula is C17H23NO2. The number of benzene rings is 1. The van der Waals surface area contributed by atoms with Gasteiger partial charge >= 0.3 is 0 Å². The number of morpholine rings is 1. The molecule has 0 aromatic heterocycles. The maximum atomic E-state index is 11.5. The van der Waals surface area contributed by atoms with Gasteiger partial charge in [-0.3, -0.25) is 4.90 Å². The number of ether oxygens (including phenoxy) is 1. The van der Waals surface area contributed by atoms with E-state index in [4.69, 9.17) is 4.74 Å². The first kappa shape index (κ1) is 12.8. The van der Waals surface area contributed by atoms with Crippen LogP contribution < -0.4 is 0 Å². The molecule has 1 heterocycles. The monoisotopic (exact) mass is 273 g/mol. The summed E-state index contributed by atoms with van der Waals surface area (Å²) in [6, 6.07) is 8.77. The number of fused-ring (bicyclic) bond motifs is 4. The van der Waals surface area contributed by atoms with E-state index in [2.05, 4.69) is 29.2 Å². The van der Waals surface area contributed by atoms with Gasteiger partial charge in [-0.15, -0.1) is 0 Å². The average molecular weight is 273 g/mol. The fourth-order valence-corrected chi connectivity index (χ4v) is 4.56. The van der Waals surface area contributed by atoms with Crippen molar-refractivity contribution in [3.63, 3.8) is 0 Å². The molecule has 0 bridgehead atoms. The molecule has 20 heavy (non-hydrogen) atoms. The summed E-state index contributed by atoms with van der Waals surface area (Å²) in [6.45, 7) is 3.53. The van der Waals surface area contributed by atoms with Crippen molar-refractivity contribution in [1.82, 2.24) is 4.90 Å². The summed E-state index contributed by atoms with van der Waals surface area (Å²) in [5.41, 5.74) is 1.95. The molecule has 1 N–H and O–H groups in total. The van der Waals surface area contributed by atoms with E-state index in [1.54, 1.807) is 0 Å². The molecule has 1 aromatic rings. The largest absolute Gasteiger partial charge is 0.383 e. The fraction of sp³-hybridized carbons (Fsp3) is 0.647. The molecule has 3 heteroatoms. The molecule has 2 aliphatic carbocycles. The van der Waals surface area contributed by atoms with E-state index in [0.29, 0.717) is 5.92 Å². The Labute approximate surface area is 120 Å². The molecule has 3 unspecified atom stereocenters. The predicted molar refractivity (Wildman–Crippen MR) is 77.7 cm³/mol. The van der Waals surface area contributed by atoms with E-state index in [9.17, 15) is 5.11 Å². The van der Waals surface area contributed by atoms with Gasteiger partial charge in [-0.2, -0.15) is 0 Å². The highest BCUT2D eigenvalue weighted by Gasteiger charge is 2.56. The summed E-state index contributed by atoms with van der Waals surface area (Å²) in [4.78, 5) is 2.47. The first-order valence-electron chi connectivity index (χ1n) is 7.95. The molecule has 1 aromatic carbocycles. The summed E-state index contributed by atoms with van der Waals surface area (Å²) in [5, 5.41) is 11.5. The van der Waals surface area contributed by atoms with Crippen molar-refractivity contribution in [3.05, 3.63) is 35.4 Å². The Morgan fingerprint density at radius 2 is 1.85 bits per heavy atom. The van der Waals surface area contributed by atoms with E-state index >= 15 is 0 Å². The molecule has 4 rings (SSSR count). The first-order chi connectivity index (χ1) is 9.82. The van der Waals surface area contributed by atoms with Gasteiger partial charge in [0.2, 0.25) is 0 Å². The second kappa shape index (κ2) is 4.83. The van der Waals surface area contributed by atoms with E-state index in [0.717, 1.165) is 39.1 Å². The van der Waals surface area contributed by atoms with Gasteiger partial charge in [-0.25, -0.2) is 0 Å². The maximum Gasteiger partial charge on any atom is 0.112 e. The first-order valence-corrected chi connectivity index (χ1v) is 7.95. The highest BCUT2D eigenvalue weighted by Crippen LogP contribution is 2.57. The van der Waals surface area contributed by atoms with Crippen LogP contribution in [-0.2, 0) is 10.3 Å². The number of nitrogens with zero attached hydrogens (tertiary/aromatic N) is 1. The van der Waals surface area contributed by atoms with Crippen molar-refractivity contribution < 1.29 is 9.84 Å². The Bertz CT molecular complexity index is 498. The third kappa shape index (κ3) is 1.70. The molecule has 0 amide bonds. The molecule has 1 aliphatic heterocycles. The zero-order valence-electron chi connectivity index (χ0n) is 11.9. The second-order valence-corrected chi connectivity index (χ2v) is 6.41. The van der Waals surface area contributed by atoms with Crippen LogP contribution in [0.4, 0.5) is 0 Å². The Morgan fingerprint density at radius 1 is 1.10 bits per heavy atom. The van der Waals surface area contributed by atoms with Crippen LogP contribution in [0.25, 0.3) is 0 Å². The summed E-state index contributed by atoms with van der Waals surface area (Å²) < 4.78 is 5.48. The molecule has 3 atom stereocenters. The average Bonchev–Trinajstić information content (AvgIpc) is 2.65. The van der Waals surface area contributed by atoms with Crippen LogP contribution in [0.1, 0.15) is 42.7 Å². The minimum Gasteiger partial charge on any atom is -0.383 e. The standard InChI is InChI=1S/C17H23NO2/c19-17-14-6-2-1-5-13(14)15(17)7-3-4-8-16(17)18-9-11-20-12-10-18/h1-2,5-6,15-16,19H,3-4,7-12H2. The van der Waals surface area contributed by atoms with Crippen LogP contribution in [0.2, 0.25) is 0 Å². The number of aliphatic hydroxyl groups is 1. The Hall–Kier alpha value is -0.900. The third-order valence-electron chi connectivity index (χ3n) is 5.51. The van der Waals surface area contributed by atoms with Crippen molar-refractivity contribution >= 4 is 0 Å². The number of hydrogen-bond acceptors (Lipinski definition) is 3. The molecule has 3 aliphatic rings. The molecule has 1 saturated carbocycles. The molecule has 1 saturated heterocycles. The molecule has 2 fully saturated rings. The van der Waals surface area contributed by atoms with E-state index < -0.39 is 5.60 Å². The van der Waals surface area contributed by atoms with Gasteiger partial charge < -0.3 is 9.84 Å². The Kier molecular flexibility index (Phi) is 3.09. The zero-order valence-corrected chi connectivity index (χ0v) is 11.9. The SMILES string of the molecule is OC12c3ccccc3C1CCCCC2N1CCOCC1. The molecular weight excluding hydrogens is 250 g/mol. The van der Waals surface area contributed by atoms with Gasteiger partial charge in [0.15, 0.2) is 0 Å². The lowest BCUT2D eigenvalue weighted by molar-refractivity contribution is -0.112. The number of rotatable bonds is 1. The third-order valence-corrected chi connectivity index (χ3v) is 5.51. The van der Waals surface area contributed by atoms with Crippen LogP contribution in [0.5, 0.6) is 0 Å². The quantitative estimate of drug-likeness (QED) is 0.852. The number of hydrogen-bond donors (Lipinski definition) is 1. The van der Waals surface area contributed by atoms with Crippen LogP contribution in [0.15, 0.2) is 24.3 Å². The zero-order chi connectivity index (χ0) is 13.6. The van der Waals surface area contributed by atoms with Gasteiger partial charge in [0.25, 0.3) is 0 Å². The predicted octanol–water partition coefficient (Wildman–Crippen LogP) is 2.25. The molecule has 0 spiro atoms. The lowest BCUT2D eigenvalue weighted by atomic mass is 9.60. The normalized spacial score (nSPS) is 37.5. The van der Waals surface area contributed by atoms with Gasteiger partial charge in [-0.1, -0.05) is 37.1 Å². The highest BCUT2D eigenvalue weighted by molar-refractivity contribution is 5.49. The topological polar surface area (TPSA) is 32.7 Å². The van der Waals surface area contributed by atoms with Crippen LogP contribution >= 0.6 is 0 Å². The highest BCUT2D eigenvalue weighted by atomic mass is 16.5. The lowest BCUT2D eigenvalue weighted by Gasteiger charge is -2.54. The Balaban J connectivity index is 1.71. The van der Waals surface area contributed by atoms with Crippen LogP contribution in [0, 0.1) is 0 Å². The minimum atomic E-state index is -0.621. The second-order valence-electron chi connectivity index (χ2n) is 6.41. The summed E-state index contributed by atoms with van der Waals surface area (Å²) in [7, 11) is 0. The fourth-order valence-electron chi connectivity index (χ4n) is 4.56. The smallest absolute Gasteiger partial charge is 0.112 e. The van der Waals surface area contributed by atoms with E-state index in [1.807, 2.05) is 0 Å². The Morgan fingerprint density at radius 3 is 2.70 bits per heavy atom. The van der Waals surface area contributed by atoms with Crippen molar-refractivity contribution in [2.45, 2.75) is 43.2 Å². The van der Waals surface area contributed by atoms with Crippen molar-refractivity contribution in [3.8, 4) is 0 Å². The maximum absolute atomic E-state index is 11.5. The van der Waals surface area contributed by atoms with Crippen LogP contribution in [-0.4, -0.2) is 42.4 Å². The summed E-state index contributed by atoms with van der Waals surface area (Å²) in [6.07, 6.45) is 4.71. The van der Waals surface area contributed by atoms with E-state index in [1.165, 1.54) is 24.0 Å². The lowest BCUT2D eigenvalue weighted by Crippen LogP contribution is -2.60. The van der Waals surface area contributed by atoms with Gasteiger partial charge in [0.1, 0.15) is 5.60 Å². The van der Waals surface area contributed by atoms with Gasteiger partial charge in [-0.05, 0) is 24.0 Å². The minimum absolute atomic E-state index is 0.272. The molecule has 108 valence electrons. The van der Waals surface area contributed by atoms with Gasteiger partial charge in [0.05, 0.1) is 13.2 Å².